The lowest BCUT2D eigenvalue weighted by atomic mass is 10.1. The van der Waals surface area contributed by atoms with Crippen LogP contribution in [0.4, 0.5) is 5.69 Å². The molecule has 1 fully saturated rings. The van der Waals surface area contributed by atoms with Gasteiger partial charge in [-0.1, -0.05) is 24.4 Å². The minimum Gasteiger partial charge on any atom is -0.459 e. The number of carbonyl (C=O) groups excluding carboxylic acids is 1. The van der Waals surface area contributed by atoms with Crippen molar-refractivity contribution in [3.05, 3.63) is 28.8 Å². The third kappa shape index (κ3) is 3.39. The Balaban J connectivity index is 2.04. The van der Waals surface area contributed by atoms with Crippen LogP contribution >= 0.6 is 11.6 Å². The minimum atomic E-state index is -0.362. The van der Waals surface area contributed by atoms with E-state index in [2.05, 4.69) is 0 Å². The number of nitrogens with two attached hydrogens (primary N) is 1. The smallest absolute Gasteiger partial charge is 0.340 e. The largest absolute Gasteiger partial charge is 0.459 e. The van der Waals surface area contributed by atoms with Crippen LogP contribution in [-0.2, 0) is 4.74 Å². The van der Waals surface area contributed by atoms with Crippen molar-refractivity contribution in [2.24, 2.45) is 0 Å². The van der Waals surface area contributed by atoms with E-state index >= 15 is 0 Å². The number of rotatable bonds is 2. The zero-order chi connectivity index (χ0) is 13.0. The average molecular weight is 268 g/mol. The fourth-order valence-corrected chi connectivity index (χ4v) is 2.47. The minimum absolute atomic E-state index is 0.0255. The molecule has 0 aromatic heterocycles. The highest BCUT2D eigenvalue weighted by Gasteiger charge is 2.19. The standard InChI is InChI=1S/C14H18ClNO2/c15-13-8-7-10(16)9-12(13)14(17)18-11-5-3-1-2-4-6-11/h7-9,11H,1-6,16H2. The number of hydrogen-bond donors (Lipinski definition) is 1. The van der Waals surface area contributed by atoms with Gasteiger partial charge in [-0.3, -0.25) is 0 Å². The normalized spacial score (nSPS) is 17.2. The van der Waals surface area contributed by atoms with Gasteiger partial charge in [-0.25, -0.2) is 4.79 Å². The summed E-state index contributed by atoms with van der Waals surface area (Å²) in [5.74, 6) is -0.362. The third-order valence-electron chi connectivity index (χ3n) is 3.29. The second-order valence-corrected chi connectivity index (χ2v) is 5.17. The van der Waals surface area contributed by atoms with Gasteiger partial charge in [0.15, 0.2) is 0 Å². The Kier molecular flexibility index (Phi) is 4.48. The number of anilines is 1. The van der Waals surface area contributed by atoms with Gasteiger partial charge in [-0.2, -0.15) is 0 Å². The fourth-order valence-electron chi connectivity index (χ4n) is 2.27. The Morgan fingerprint density at radius 3 is 2.56 bits per heavy atom. The van der Waals surface area contributed by atoms with Crippen LogP contribution in [0.5, 0.6) is 0 Å². The summed E-state index contributed by atoms with van der Waals surface area (Å²) in [7, 11) is 0. The van der Waals surface area contributed by atoms with Gasteiger partial charge in [0, 0.05) is 5.69 Å². The van der Waals surface area contributed by atoms with E-state index in [4.69, 9.17) is 22.1 Å². The van der Waals surface area contributed by atoms with Crippen molar-refractivity contribution in [3.63, 3.8) is 0 Å². The molecule has 1 aromatic rings. The van der Waals surface area contributed by atoms with Crippen LogP contribution in [0.15, 0.2) is 18.2 Å². The van der Waals surface area contributed by atoms with E-state index in [1.807, 2.05) is 0 Å². The van der Waals surface area contributed by atoms with Gasteiger partial charge >= 0.3 is 5.97 Å². The second-order valence-electron chi connectivity index (χ2n) is 4.76. The van der Waals surface area contributed by atoms with Gasteiger partial charge in [0.25, 0.3) is 0 Å². The predicted octanol–water partition coefficient (Wildman–Crippen LogP) is 3.80. The molecular formula is C14H18ClNO2. The molecule has 18 heavy (non-hydrogen) atoms. The van der Waals surface area contributed by atoms with Crippen LogP contribution in [-0.4, -0.2) is 12.1 Å². The Hall–Kier alpha value is -1.22. The SMILES string of the molecule is Nc1ccc(Cl)c(C(=O)OC2CCCCCC2)c1. The second kappa shape index (κ2) is 6.10. The van der Waals surface area contributed by atoms with Gasteiger partial charge in [-0.15, -0.1) is 0 Å². The molecular weight excluding hydrogens is 250 g/mol. The van der Waals surface area contributed by atoms with E-state index in [0.717, 1.165) is 25.7 Å². The molecule has 1 saturated carbocycles. The third-order valence-corrected chi connectivity index (χ3v) is 3.62. The molecule has 0 bridgehead atoms. The van der Waals surface area contributed by atoms with E-state index in [1.165, 1.54) is 12.8 Å². The molecule has 0 atom stereocenters. The Morgan fingerprint density at radius 2 is 1.89 bits per heavy atom. The van der Waals surface area contributed by atoms with Crippen LogP contribution in [0.1, 0.15) is 48.9 Å². The lowest BCUT2D eigenvalue weighted by molar-refractivity contribution is 0.0267. The zero-order valence-corrected chi connectivity index (χ0v) is 11.1. The summed E-state index contributed by atoms with van der Waals surface area (Å²) in [5.41, 5.74) is 6.54. The average Bonchev–Trinajstić information content (AvgIpc) is 2.61. The predicted molar refractivity (Wildman–Crippen MR) is 72.8 cm³/mol. The van der Waals surface area contributed by atoms with Crippen molar-refractivity contribution in [1.29, 1.82) is 0 Å². The van der Waals surface area contributed by atoms with Crippen molar-refractivity contribution in [2.75, 3.05) is 5.73 Å². The van der Waals surface area contributed by atoms with Crippen LogP contribution in [0.3, 0.4) is 0 Å². The van der Waals surface area contributed by atoms with Crippen molar-refractivity contribution in [2.45, 2.75) is 44.6 Å². The van der Waals surface area contributed by atoms with E-state index < -0.39 is 0 Å². The number of carbonyl (C=O) groups is 1. The number of benzene rings is 1. The van der Waals surface area contributed by atoms with Crippen LogP contribution in [0.25, 0.3) is 0 Å². The molecule has 2 N–H and O–H groups in total. The Labute approximate surface area is 112 Å². The summed E-state index contributed by atoms with van der Waals surface area (Å²) < 4.78 is 5.51. The number of hydrogen-bond acceptors (Lipinski definition) is 3. The van der Waals surface area contributed by atoms with E-state index in [-0.39, 0.29) is 12.1 Å². The number of esters is 1. The quantitative estimate of drug-likeness (QED) is 0.504. The maximum Gasteiger partial charge on any atom is 0.340 e. The molecule has 3 nitrogen and oxygen atoms in total. The summed E-state index contributed by atoms with van der Waals surface area (Å²) in [5, 5.41) is 0.392. The summed E-state index contributed by atoms with van der Waals surface area (Å²) in [4.78, 5) is 12.0. The zero-order valence-electron chi connectivity index (χ0n) is 10.3. The molecule has 0 spiro atoms. The number of ether oxygens (including phenoxy) is 1. The molecule has 1 aliphatic carbocycles. The summed E-state index contributed by atoms with van der Waals surface area (Å²) >= 11 is 5.98. The monoisotopic (exact) mass is 267 g/mol. The summed E-state index contributed by atoms with van der Waals surface area (Å²) in [6.07, 6.45) is 6.64. The Morgan fingerprint density at radius 1 is 1.22 bits per heavy atom. The fraction of sp³-hybridized carbons (Fsp3) is 0.500. The highest BCUT2D eigenvalue weighted by molar-refractivity contribution is 6.33. The van der Waals surface area contributed by atoms with Crippen molar-refractivity contribution in [1.82, 2.24) is 0 Å². The maximum atomic E-state index is 12.0. The summed E-state index contributed by atoms with van der Waals surface area (Å²) in [6.45, 7) is 0. The number of halogens is 1. The molecule has 0 aliphatic heterocycles. The molecule has 0 amide bonds. The molecule has 4 heteroatoms. The van der Waals surface area contributed by atoms with Crippen LogP contribution in [0.2, 0.25) is 5.02 Å². The van der Waals surface area contributed by atoms with Gasteiger partial charge < -0.3 is 10.5 Å². The molecule has 98 valence electrons. The lowest BCUT2D eigenvalue weighted by Crippen LogP contribution is -2.18. The summed E-state index contributed by atoms with van der Waals surface area (Å²) in [6, 6.07) is 4.87. The van der Waals surface area contributed by atoms with Crippen molar-refractivity contribution >= 4 is 23.3 Å². The highest BCUT2D eigenvalue weighted by atomic mass is 35.5. The van der Waals surface area contributed by atoms with E-state index in [9.17, 15) is 4.79 Å². The van der Waals surface area contributed by atoms with Gasteiger partial charge in [-0.05, 0) is 43.9 Å². The molecule has 2 rings (SSSR count). The topological polar surface area (TPSA) is 52.3 Å². The lowest BCUT2D eigenvalue weighted by Gasteiger charge is -2.16. The maximum absolute atomic E-state index is 12.0. The first-order chi connectivity index (χ1) is 8.66. The van der Waals surface area contributed by atoms with Crippen molar-refractivity contribution < 1.29 is 9.53 Å². The van der Waals surface area contributed by atoms with Crippen LogP contribution < -0.4 is 5.73 Å². The first-order valence-electron chi connectivity index (χ1n) is 6.43. The molecule has 0 saturated heterocycles. The molecule has 1 aliphatic rings. The molecule has 0 heterocycles. The Bertz CT molecular complexity index is 426. The van der Waals surface area contributed by atoms with Crippen molar-refractivity contribution in [3.8, 4) is 0 Å². The number of nitrogen functional groups attached to an aromatic ring is 1. The van der Waals surface area contributed by atoms with Gasteiger partial charge in [0.1, 0.15) is 6.10 Å². The first kappa shape index (κ1) is 13.2. The van der Waals surface area contributed by atoms with Gasteiger partial charge in [0.05, 0.1) is 10.6 Å². The molecule has 0 unspecified atom stereocenters. The molecule has 1 aromatic carbocycles. The molecule has 0 radical (unpaired) electrons. The van der Waals surface area contributed by atoms with E-state index in [1.54, 1.807) is 18.2 Å². The van der Waals surface area contributed by atoms with Crippen LogP contribution in [0, 0.1) is 0 Å². The first-order valence-corrected chi connectivity index (χ1v) is 6.80. The highest BCUT2D eigenvalue weighted by Crippen LogP contribution is 2.24. The van der Waals surface area contributed by atoms with Gasteiger partial charge in [0.2, 0.25) is 0 Å². The van der Waals surface area contributed by atoms with E-state index in [0.29, 0.717) is 16.3 Å².